The van der Waals surface area contributed by atoms with Gasteiger partial charge in [0.05, 0.1) is 23.9 Å². The van der Waals surface area contributed by atoms with Crippen LogP contribution < -0.4 is 15.4 Å². The van der Waals surface area contributed by atoms with Gasteiger partial charge in [-0.2, -0.15) is 0 Å². The van der Waals surface area contributed by atoms with Crippen molar-refractivity contribution in [3.05, 3.63) is 78.1 Å². The van der Waals surface area contributed by atoms with Crippen LogP contribution in [0.2, 0.25) is 0 Å². The largest absolute Gasteiger partial charge is 0.491 e. The number of carbonyl (C=O) groups is 3. The van der Waals surface area contributed by atoms with Gasteiger partial charge in [-0.3, -0.25) is 14.6 Å². The van der Waals surface area contributed by atoms with Crippen molar-refractivity contribution in [3.63, 3.8) is 0 Å². The van der Waals surface area contributed by atoms with Crippen molar-refractivity contribution in [2.75, 3.05) is 44.5 Å². The molecule has 1 aliphatic rings. The number of hydrogen-bond acceptors (Lipinski definition) is 7. The van der Waals surface area contributed by atoms with E-state index in [9.17, 15) is 18.8 Å². The van der Waals surface area contributed by atoms with E-state index in [1.54, 1.807) is 42.2 Å². The summed E-state index contributed by atoms with van der Waals surface area (Å²) in [5, 5.41) is 5.32. The number of aromatic nitrogens is 2. The normalized spacial score (nSPS) is 19.7. The fraction of sp³-hybridized carbons (Fsp3) is 0.345. The molecule has 0 radical (unpaired) electrons. The second-order valence-corrected chi connectivity index (χ2v) is 9.94. The molecule has 0 spiro atoms. The van der Waals surface area contributed by atoms with Gasteiger partial charge < -0.3 is 29.9 Å². The number of rotatable bonds is 4. The number of urea groups is 1. The molecule has 3 aromatic rings. The number of hydrogen-bond donors (Lipinski definition) is 2. The van der Waals surface area contributed by atoms with Crippen LogP contribution in [0.25, 0.3) is 0 Å². The van der Waals surface area contributed by atoms with Crippen molar-refractivity contribution < 1.29 is 28.2 Å². The number of methoxy groups -OCH3 is 1. The van der Waals surface area contributed by atoms with E-state index in [0.717, 1.165) is 0 Å². The number of fused-ring (bicyclic) bond motifs is 1. The molecule has 0 bridgehead atoms. The molecular formula is C29H33FN6O5. The summed E-state index contributed by atoms with van der Waals surface area (Å²) >= 11 is 0. The minimum atomic E-state index is -0.556. The first-order valence-corrected chi connectivity index (χ1v) is 13.1. The summed E-state index contributed by atoms with van der Waals surface area (Å²) in [7, 11) is 3.25. The van der Waals surface area contributed by atoms with E-state index in [4.69, 9.17) is 9.47 Å². The third-order valence-electron chi connectivity index (χ3n) is 6.85. The molecule has 2 aromatic carbocycles. The molecule has 216 valence electrons. The Morgan fingerprint density at radius 2 is 1.76 bits per heavy atom. The van der Waals surface area contributed by atoms with Crippen LogP contribution in [0.3, 0.4) is 0 Å². The molecule has 4 amide bonds. The van der Waals surface area contributed by atoms with E-state index in [2.05, 4.69) is 20.6 Å². The predicted octanol–water partition coefficient (Wildman–Crippen LogP) is 3.91. The lowest BCUT2D eigenvalue weighted by molar-refractivity contribution is 0.0109. The average molecular weight is 565 g/mol. The fourth-order valence-corrected chi connectivity index (χ4v) is 4.52. The summed E-state index contributed by atoms with van der Waals surface area (Å²) in [5.74, 6) is -0.880. The van der Waals surface area contributed by atoms with Crippen LogP contribution in [0.1, 0.15) is 34.7 Å². The molecule has 1 aromatic heterocycles. The Morgan fingerprint density at radius 1 is 1.05 bits per heavy atom. The molecule has 2 N–H and O–H groups in total. The van der Waals surface area contributed by atoms with Crippen LogP contribution in [-0.4, -0.2) is 83.6 Å². The van der Waals surface area contributed by atoms with Crippen molar-refractivity contribution >= 4 is 29.2 Å². The van der Waals surface area contributed by atoms with Crippen molar-refractivity contribution in [1.82, 2.24) is 19.8 Å². The van der Waals surface area contributed by atoms with Gasteiger partial charge in [-0.1, -0.05) is 6.92 Å². The third kappa shape index (κ3) is 7.34. The van der Waals surface area contributed by atoms with Gasteiger partial charge in [-0.25, -0.2) is 14.2 Å². The Balaban J connectivity index is 1.61. The number of amides is 4. The number of benzene rings is 2. The molecule has 0 aliphatic carbocycles. The van der Waals surface area contributed by atoms with Crippen molar-refractivity contribution in [2.45, 2.75) is 26.0 Å². The van der Waals surface area contributed by atoms with E-state index < -0.39 is 17.9 Å². The van der Waals surface area contributed by atoms with Crippen molar-refractivity contribution in [2.24, 2.45) is 5.92 Å². The van der Waals surface area contributed by atoms with Gasteiger partial charge in [0, 0.05) is 63.0 Å². The van der Waals surface area contributed by atoms with Gasteiger partial charge in [-0.15, -0.1) is 0 Å². The van der Waals surface area contributed by atoms with E-state index in [1.165, 1.54) is 42.9 Å². The topological polar surface area (TPSA) is 126 Å². The smallest absolute Gasteiger partial charge is 0.323 e. The zero-order valence-corrected chi connectivity index (χ0v) is 23.3. The van der Waals surface area contributed by atoms with Crippen molar-refractivity contribution in [1.29, 1.82) is 0 Å². The maximum Gasteiger partial charge on any atom is 0.323 e. The summed E-state index contributed by atoms with van der Waals surface area (Å²) in [6.07, 6.45) is 4.03. The second-order valence-electron chi connectivity index (χ2n) is 9.94. The first-order valence-electron chi connectivity index (χ1n) is 13.1. The summed E-state index contributed by atoms with van der Waals surface area (Å²) in [5.41, 5.74) is 1.28. The number of carbonyl (C=O) groups excluding carboxylic acids is 3. The highest BCUT2D eigenvalue weighted by Gasteiger charge is 2.31. The zero-order chi connectivity index (χ0) is 29.5. The van der Waals surface area contributed by atoms with Gasteiger partial charge in [0.25, 0.3) is 11.8 Å². The highest BCUT2D eigenvalue weighted by molar-refractivity contribution is 6.01. The summed E-state index contributed by atoms with van der Waals surface area (Å²) in [6.45, 7) is 4.48. The summed E-state index contributed by atoms with van der Waals surface area (Å²) in [4.78, 5) is 50.9. The van der Waals surface area contributed by atoms with Crippen LogP contribution >= 0.6 is 0 Å². The molecule has 0 saturated heterocycles. The summed E-state index contributed by atoms with van der Waals surface area (Å²) in [6, 6.07) is 9.10. The minimum absolute atomic E-state index is 0.0611. The SMILES string of the molecule is CO[C@@H]1CN(C)C(=O)c2ccc(NC(=O)Nc3ccc(F)cc3)cc2OC[C@@H](C)N(C(=O)c2cnccn2)C[C@H]1C. The molecule has 0 fully saturated rings. The molecule has 1 aliphatic heterocycles. The lowest BCUT2D eigenvalue weighted by atomic mass is 10.0. The number of halogens is 1. The lowest BCUT2D eigenvalue weighted by Gasteiger charge is -2.35. The van der Waals surface area contributed by atoms with Crippen LogP contribution in [0, 0.1) is 11.7 Å². The molecule has 4 rings (SSSR count). The zero-order valence-electron chi connectivity index (χ0n) is 23.3. The third-order valence-corrected chi connectivity index (χ3v) is 6.85. The predicted molar refractivity (Wildman–Crippen MR) is 150 cm³/mol. The lowest BCUT2D eigenvalue weighted by Crippen LogP contribution is -2.48. The highest BCUT2D eigenvalue weighted by Crippen LogP contribution is 2.27. The van der Waals surface area contributed by atoms with Gasteiger partial charge in [-0.05, 0) is 43.3 Å². The Bertz CT molecular complexity index is 1370. The molecule has 3 atom stereocenters. The minimum Gasteiger partial charge on any atom is -0.491 e. The Labute approximate surface area is 237 Å². The fourth-order valence-electron chi connectivity index (χ4n) is 4.52. The van der Waals surface area contributed by atoms with Gasteiger partial charge in [0.2, 0.25) is 0 Å². The van der Waals surface area contributed by atoms with Gasteiger partial charge in [0.1, 0.15) is 23.9 Å². The standard InChI is InChI=1S/C29H33FN6O5/c1-18-15-36(28(38)24-14-31-11-12-32-24)19(2)17-41-25-13-22(34-29(39)33-21-7-5-20(30)6-8-21)9-10-23(25)27(37)35(3)16-26(18)40-4/h5-14,18-19,26H,15-17H2,1-4H3,(H2,33,34,39)/t18-,19-,26-/m1/s1. The quantitative estimate of drug-likeness (QED) is 0.492. The van der Waals surface area contributed by atoms with E-state index in [0.29, 0.717) is 23.5 Å². The molecule has 0 unspecified atom stereocenters. The summed E-state index contributed by atoms with van der Waals surface area (Å²) < 4.78 is 25.1. The number of nitrogens with one attached hydrogen (secondary N) is 2. The Kier molecular flexibility index (Phi) is 9.45. The average Bonchev–Trinajstić information content (AvgIpc) is 2.97. The Hall–Kier alpha value is -4.58. The molecule has 0 saturated carbocycles. The van der Waals surface area contributed by atoms with Crippen LogP contribution in [0.4, 0.5) is 20.6 Å². The molecule has 12 heteroatoms. The molecule has 2 heterocycles. The Morgan fingerprint density at radius 3 is 2.44 bits per heavy atom. The van der Waals surface area contributed by atoms with Gasteiger partial charge >= 0.3 is 6.03 Å². The van der Waals surface area contributed by atoms with Crippen LogP contribution in [-0.2, 0) is 4.74 Å². The van der Waals surface area contributed by atoms with Crippen molar-refractivity contribution in [3.8, 4) is 5.75 Å². The number of anilines is 2. The maximum atomic E-state index is 13.5. The monoisotopic (exact) mass is 564 g/mol. The van der Waals surface area contributed by atoms with Gasteiger partial charge in [0.15, 0.2) is 0 Å². The van der Waals surface area contributed by atoms with Crippen LogP contribution in [0.5, 0.6) is 5.75 Å². The number of likely N-dealkylation sites (N-methyl/N-ethyl adjacent to an activating group) is 1. The maximum absolute atomic E-state index is 13.5. The highest BCUT2D eigenvalue weighted by atomic mass is 19.1. The number of nitrogens with zero attached hydrogens (tertiary/aromatic N) is 4. The van der Waals surface area contributed by atoms with E-state index >= 15 is 0 Å². The molecule has 11 nitrogen and oxygen atoms in total. The van der Waals surface area contributed by atoms with Crippen LogP contribution in [0.15, 0.2) is 61.1 Å². The van der Waals surface area contributed by atoms with E-state index in [1.807, 2.05) is 13.8 Å². The second kappa shape index (κ2) is 13.2. The first kappa shape index (κ1) is 29.4. The van der Waals surface area contributed by atoms with E-state index in [-0.39, 0.29) is 48.4 Å². The molecular weight excluding hydrogens is 531 g/mol. The number of ether oxygens (including phenoxy) is 2. The molecule has 41 heavy (non-hydrogen) atoms. The first-order chi connectivity index (χ1) is 19.7.